The van der Waals surface area contributed by atoms with Crippen LogP contribution in [0.2, 0.25) is 4.34 Å². The van der Waals surface area contributed by atoms with Crippen LogP contribution in [0.25, 0.3) is 0 Å². The SMILES string of the molecule is OCC(CO)NC(c1ccco1)c1ccc(Cl)s1. The topological polar surface area (TPSA) is 65.6 Å². The first kappa shape index (κ1) is 13.6. The number of nitrogens with one attached hydrogen (secondary N) is 1. The van der Waals surface area contributed by atoms with Crippen molar-refractivity contribution in [3.8, 4) is 0 Å². The highest BCUT2D eigenvalue weighted by Crippen LogP contribution is 2.31. The van der Waals surface area contributed by atoms with Crippen LogP contribution in [-0.2, 0) is 0 Å². The van der Waals surface area contributed by atoms with Crippen LogP contribution < -0.4 is 5.32 Å². The molecule has 2 aromatic heterocycles. The standard InChI is InChI=1S/C12H14ClNO3S/c13-11-4-3-10(18-11)12(9-2-1-5-17-9)14-8(6-15)7-16/h1-5,8,12,14-16H,6-7H2. The van der Waals surface area contributed by atoms with E-state index >= 15 is 0 Å². The van der Waals surface area contributed by atoms with Gasteiger partial charge in [0.15, 0.2) is 0 Å². The monoisotopic (exact) mass is 287 g/mol. The fraction of sp³-hybridized carbons (Fsp3) is 0.333. The van der Waals surface area contributed by atoms with Gasteiger partial charge in [-0.2, -0.15) is 0 Å². The van der Waals surface area contributed by atoms with Crippen LogP contribution in [-0.4, -0.2) is 29.5 Å². The van der Waals surface area contributed by atoms with Gasteiger partial charge in [0.05, 0.1) is 29.9 Å². The summed E-state index contributed by atoms with van der Waals surface area (Å²) in [6, 6.07) is 6.73. The summed E-state index contributed by atoms with van der Waals surface area (Å²) in [7, 11) is 0. The fourth-order valence-corrected chi connectivity index (χ4v) is 2.77. The molecule has 3 N–H and O–H groups in total. The number of halogens is 1. The second kappa shape index (κ2) is 6.36. The molecule has 0 amide bonds. The predicted molar refractivity (Wildman–Crippen MR) is 71.0 cm³/mol. The molecule has 2 aromatic rings. The molecule has 0 bridgehead atoms. The van der Waals surface area contributed by atoms with Gasteiger partial charge in [-0.25, -0.2) is 0 Å². The molecule has 0 saturated heterocycles. The zero-order chi connectivity index (χ0) is 13.0. The molecule has 6 heteroatoms. The Labute approximate surface area is 114 Å². The third kappa shape index (κ3) is 3.13. The summed E-state index contributed by atoms with van der Waals surface area (Å²) in [5.74, 6) is 0.723. The number of rotatable bonds is 6. The number of thiophene rings is 1. The van der Waals surface area contributed by atoms with Gasteiger partial charge in [-0.1, -0.05) is 11.6 Å². The van der Waals surface area contributed by atoms with E-state index in [1.807, 2.05) is 18.2 Å². The van der Waals surface area contributed by atoms with Crippen LogP contribution in [0.4, 0.5) is 0 Å². The first-order valence-electron chi connectivity index (χ1n) is 5.51. The Morgan fingerprint density at radius 2 is 2.06 bits per heavy atom. The summed E-state index contributed by atoms with van der Waals surface area (Å²) < 4.78 is 6.07. The highest BCUT2D eigenvalue weighted by Gasteiger charge is 2.21. The summed E-state index contributed by atoms with van der Waals surface area (Å²) >= 11 is 7.37. The smallest absolute Gasteiger partial charge is 0.126 e. The predicted octanol–water partition coefficient (Wildman–Crippen LogP) is 2.03. The van der Waals surface area contributed by atoms with E-state index in [-0.39, 0.29) is 19.3 Å². The summed E-state index contributed by atoms with van der Waals surface area (Å²) in [4.78, 5) is 0.974. The molecule has 0 aromatic carbocycles. The van der Waals surface area contributed by atoms with Gasteiger partial charge in [0.25, 0.3) is 0 Å². The normalized spacial score (nSPS) is 13.1. The maximum atomic E-state index is 9.15. The van der Waals surface area contributed by atoms with Crippen LogP contribution in [0.3, 0.4) is 0 Å². The fourth-order valence-electron chi connectivity index (χ4n) is 1.64. The van der Waals surface area contributed by atoms with Gasteiger partial charge >= 0.3 is 0 Å². The molecule has 0 saturated carbocycles. The lowest BCUT2D eigenvalue weighted by Gasteiger charge is -2.20. The lowest BCUT2D eigenvalue weighted by molar-refractivity contribution is 0.163. The maximum absolute atomic E-state index is 9.15. The molecular weight excluding hydrogens is 274 g/mol. The minimum atomic E-state index is -0.402. The molecule has 18 heavy (non-hydrogen) atoms. The van der Waals surface area contributed by atoms with E-state index in [0.29, 0.717) is 4.34 Å². The van der Waals surface area contributed by atoms with Crippen molar-refractivity contribution in [2.24, 2.45) is 0 Å². The highest BCUT2D eigenvalue weighted by atomic mass is 35.5. The Kier molecular flexibility index (Phi) is 4.79. The quantitative estimate of drug-likeness (QED) is 0.760. The molecule has 4 nitrogen and oxygen atoms in total. The van der Waals surface area contributed by atoms with Crippen molar-refractivity contribution < 1.29 is 14.6 Å². The summed E-state index contributed by atoms with van der Waals surface area (Å²) in [6.45, 7) is -0.292. The lowest BCUT2D eigenvalue weighted by Crippen LogP contribution is -2.38. The van der Waals surface area contributed by atoms with Crippen LogP contribution >= 0.6 is 22.9 Å². The van der Waals surface area contributed by atoms with E-state index in [9.17, 15) is 0 Å². The van der Waals surface area contributed by atoms with E-state index in [1.165, 1.54) is 11.3 Å². The van der Waals surface area contributed by atoms with E-state index in [4.69, 9.17) is 26.2 Å². The zero-order valence-electron chi connectivity index (χ0n) is 9.54. The number of aliphatic hydroxyl groups is 2. The van der Waals surface area contributed by atoms with E-state index in [0.717, 1.165) is 10.6 Å². The van der Waals surface area contributed by atoms with Gasteiger partial charge in [0.2, 0.25) is 0 Å². The summed E-state index contributed by atoms with van der Waals surface area (Å²) in [5, 5.41) is 21.4. The minimum absolute atomic E-state index is 0.146. The average Bonchev–Trinajstić information content (AvgIpc) is 3.02. The minimum Gasteiger partial charge on any atom is -0.467 e. The molecule has 98 valence electrons. The Morgan fingerprint density at radius 1 is 1.28 bits per heavy atom. The van der Waals surface area contributed by atoms with Crippen molar-refractivity contribution >= 4 is 22.9 Å². The number of aliphatic hydroxyl groups excluding tert-OH is 2. The second-order valence-corrected chi connectivity index (χ2v) is 5.57. The average molecular weight is 288 g/mol. The molecule has 0 spiro atoms. The first-order valence-corrected chi connectivity index (χ1v) is 6.70. The molecular formula is C12H14ClNO3S. The summed E-state index contributed by atoms with van der Waals surface area (Å²) in [5.41, 5.74) is 0. The largest absolute Gasteiger partial charge is 0.467 e. The Balaban J connectivity index is 2.23. The molecule has 0 radical (unpaired) electrons. The lowest BCUT2D eigenvalue weighted by atomic mass is 10.1. The molecule has 0 aliphatic rings. The first-order chi connectivity index (χ1) is 8.74. The molecule has 2 rings (SSSR count). The van der Waals surface area contributed by atoms with Crippen molar-refractivity contribution in [2.75, 3.05) is 13.2 Å². The van der Waals surface area contributed by atoms with Gasteiger partial charge in [-0.05, 0) is 24.3 Å². The molecule has 1 atom stereocenters. The Bertz CT molecular complexity index is 467. The van der Waals surface area contributed by atoms with Gasteiger partial charge in [-0.3, -0.25) is 5.32 Å². The second-order valence-electron chi connectivity index (χ2n) is 3.82. The van der Waals surface area contributed by atoms with Gasteiger partial charge in [-0.15, -0.1) is 11.3 Å². The number of furan rings is 1. The van der Waals surface area contributed by atoms with Crippen LogP contribution in [0, 0.1) is 0 Å². The maximum Gasteiger partial charge on any atom is 0.126 e. The molecule has 0 aliphatic heterocycles. The molecule has 1 unspecified atom stereocenters. The van der Waals surface area contributed by atoms with Crippen LogP contribution in [0.15, 0.2) is 34.9 Å². The molecule has 0 fully saturated rings. The Hall–Kier alpha value is -0.850. The highest BCUT2D eigenvalue weighted by molar-refractivity contribution is 7.16. The van der Waals surface area contributed by atoms with E-state index in [1.54, 1.807) is 12.3 Å². The third-order valence-electron chi connectivity index (χ3n) is 2.55. The van der Waals surface area contributed by atoms with Crippen LogP contribution in [0.1, 0.15) is 16.7 Å². The van der Waals surface area contributed by atoms with Gasteiger partial charge in [0, 0.05) is 4.88 Å². The van der Waals surface area contributed by atoms with Gasteiger partial charge < -0.3 is 14.6 Å². The van der Waals surface area contributed by atoms with E-state index in [2.05, 4.69) is 5.32 Å². The van der Waals surface area contributed by atoms with E-state index < -0.39 is 6.04 Å². The number of hydrogen-bond donors (Lipinski definition) is 3. The zero-order valence-corrected chi connectivity index (χ0v) is 11.1. The van der Waals surface area contributed by atoms with Crippen molar-refractivity contribution in [1.82, 2.24) is 5.32 Å². The van der Waals surface area contributed by atoms with Gasteiger partial charge in [0.1, 0.15) is 11.8 Å². The van der Waals surface area contributed by atoms with Crippen molar-refractivity contribution in [2.45, 2.75) is 12.1 Å². The molecule has 2 heterocycles. The van der Waals surface area contributed by atoms with Crippen molar-refractivity contribution in [3.05, 3.63) is 45.5 Å². The number of hydrogen-bond acceptors (Lipinski definition) is 5. The summed E-state index contributed by atoms with van der Waals surface area (Å²) in [6.07, 6.45) is 1.59. The van der Waals surface area contributed by atoms with Crippen molar-refractivity contribution in [3.63, 3.8) is 0 Å². The van der Waals surface area contributed by atoms with Crippen LogP contribution in [0.5, 0.6) is 0 Å². The Morgan fingerprint density at radius 3 is 2.56 bits per heavy atom. The molecule has 0 aliphatic carbocycles. The third-order valence-corrected chi connectivity index (χ3v) is 3.85. The van der Waals surface area contributed by atoms with Crippen molar-refractivity contribution in [1.29, 1.82) is 0 Å².